The van der Waals surface area contributed by atoms with Crippen molar-refractivity contribution in [3.8, 4) is 0 Å². The lowest BCUT2D eigenvalue weighted by Gasteiger charge is -2.12. The molecule has 0 fully saturated rings. The lowest BCUT2D eigenvalue weighted by atomic mass is 10.1. The zero-order valence-electron chi connectivity index (χ0n) is 16.5. The van der Waals surface area contributed by atoms with E-state index >= 15 is 0 Å². The Bertz CT molecular complexity index is 889. The van der Waals surface area contributed by atoms with Gasteiger partial charge in [0, 0.05) is 49.5 Å². The Morgan fingerprint density at radius 3 is 2.67 bits per heavy atom. The van der Waals surface area contributed by atoms with Crippen LogP contribution in [-0.2, 0) is 13.0 Å². The van der Waals surface area contributed by atoms with Crippen molar-refractivity contribution < 1.29 is 0 Å². The molecule has 3 N–H and O–H groups in total. The minimum absolute atomic E-state index is 0.863. The number of hydrogen-bond donors (Lipinski definition) is 3. The van der Waals surface area contributed by atoms with Crippen molar-refractivity contribution in [1.82, 2.24) is 25.4 Å². The molecule has 144 valence electrons. The average molecular weight is 367 g/mol. The predicted molar refractivity (Wildman–Crippen MR) is 112 cm³/mol. The summed E-state index contributed by atoms with van der Waals surface area (Å²) < 4.78 is 2.06. The molecular formula is C21H30N6. The van der Waals surface area contributed by atoms with Crippen LogP contribution in [0.4, 0.5) is 0 Å². The molecule has 6 nitrogen and oxygen atoms in total. The average Bonchev–Trinajstić information content (AvgIpc) is 3.23. The largest absolute Gasteiger partial charge is 0.361 e. The van der Waals surface area contributed by atoms with Gasteiger partial charge in [-0.15, -0.1) is 0 Å². The number of fused-ring (bicyclic) bond motifs is 1. The number of aromatic nitrogens is 3. The molecule has 1 aromatic carbocycles. The summed E-state index contributed by atoms with van der Waals surface area (Å²) in [5, 5.41) is 12.6. The number of nitrogens with zero attached hydrogens (tertiary/aromatic N) is 3. The zero-order valence-corrected chi connectivity index (χ0v) is 16.5. The van der Waals surface area contributed by atoms with E-state index in [1.807, 2.05) is 14.0 Å². The molecule has 3 rings (SSSR count). The minimum Gasteiger partial charge on any atom is -0.361 e. The van der Waals surface area contributed by atoms with E-state index in [9.17, 15) is 0 Å². The molecule has 0 atom stereocenters. The smallest absolute Gasteiger partial charge is 0.190 e. The molecule has 0 amide bonds. The summed E-state index contributed by atoms with van der Waals surface area (Å²) >= 11 is 0. The Balaban J connectivity index is 1.35. The van der Waals surface area contributed by atoms with Crippen LogP contribution in [-0.4, -0.2) is 40.9 Å². The number of aryl methyl sites for hydroxylation is 4. The van der Waals surface area contributed by atoms with Crippen molar-refractivity contribution in [1.29, 1.82) is 0 Å². The second-order valence-corrected chi connectivity index (χ2v) is 6.89. The highest BCUT2D eigenvalue weighted by molar-refractivity contribution is 5.83. The molecule has 0 saturated heterocycles. The summed E-state index contributed by atoms with van der Waals surface area (Å²) in [5.74, 6) is 0.863. The van der Waals surface area contributed by atoms with E-state index in [0.29, 0.717) is 0 Å². The van der Waals surface area contributed by atoms with Crippen molar-refractivity contribution >= 4 is 16.9 Å². The summed E-state index contributed by atoms with van der Waals surface area (Å²) in [6.07, 6.45) is 5.25. The molecule has 0 radical (unpaired) electrons. The van der Waals surface area contributed by atoms with Crippen molar-refractivity contribution in [3.63, 3.8) is 0 Å². The van der Waals surface area contributed by atoms with Gasteiger partial charge in [-0.2, -0.15) is 5.10 Å². The van der Waals surface area contributed by atoms with Gasteiger partial charge in [0.2, 0.25) is 0 Å². The van der Waals surface area contributed by atoms with Gasteiger partial charge in [-0.3, -0.25) is 9.67 Å². The topological polar surface area (TPSA) is 70.0 Å². The van der Waals surface area contributed by atoms with E-state index < -0.39 is 0 Å². The number of H-pyrrole nitrogens is 1. The first-order chi connectivity index (χ1) is 13.2. The number of benzene rings is 1. The van der Waals surface area contributed by atoms with Crippen LogP contribution in [0, 0.1) is 13.8 Å². The highest BCUT2D eigenvalue weighted by Crippen LogP contribution is 2.18. The summed E-state index contributed by atoms with van der Waals surface area (Å²) in [6.45, 7) is 6.83. The Labute approximate surface area is 161 Å². The third kappa shape index (κ3) is 5.12. The van der Waals surface area contributed by atoms with E-state index in [4.69, 9.17) is 0 Å². The second-order valence-electron chi connectivity index (χ2n) is 6.89. The highest BCUT2D eigenvalue weighted by atomic mass is 15.3. The van der Waals surface area contributed by atoms with Crippen molar-refractivity contribution in [3.05, 3.63) is 53.5 Å². The molecule has 27 heavy (non-hydrogen) atoms. The van der Waals surface area contributed by atoms with E-state index in [1.165, 1.54) is 22.2 Å². The first-order valence-electron chi connectivity index (χ1n) is 9.68. The minimum atomic E-state index is 0.863. The molecule has 0 aliphatic carbocycles. The molecule has 0 aliphatic rings. The van der Waals surface area contributed by atoms with Gasteiger partial charge < -0.3 is 15.6 Å². The van der Waals surface area contributed by atoms with Gasteiger partial charge in [-0.25, -0.2) is 0 Å². The Hall–Kier alpha value is -2.76. The van der Waals surface area contributed by atoms with Crippen molar-refractivity contribution in [2.24, 2.45) is 4.99 Å². The number of aromatic amines is 1. The third-order valence-corrected chi connectivity index (χ3v) is 4.76. The fourth-order valence-electron chi connectivity index (χ4n) is 3.38. The summed E-state index contributed by atoms with van der Waals surface area (Å²) in [5.41, 5.74) is 4.88. The molecule has 0 spiro atoms. The molecule has 0 unspecified atom stereocenters. The molecule has 0 bridgehead atoms. The van der Waals surface area contributed by atoms with E-state index in [0.717, 1.165) is 50.6 Å². The van der Waals surface area contributed by atoms with Crippen LogP contribution in [0.2, 0.25) is 0 Å². The van der Waals surface area contributed by atoms with Gasteiger partial charge in [0.05, 0.1) is 5.69 Å². The van der Waals surface area contributed by atoms with Gasteiger partial charge in [0.1, 0.15) is 0 Å². The van der Waals surface area contributed by atoms with E-state index in [1.54, 1.807) is 0 Å². The van der Waals surface area contributed by atoms with Gasteiger partial charge in [-0.05, 0) is 50.8 Å². The van der Waals surface area contributed by atoms with Crippen LogP contribution in [0.1, 0.15) is 29.8 Å². The second kappa shape index (κ2) is 9.26. The van der Waals surface area contributed by atoms with E-state index in [-0.39, 0.29) is 0 Å². The molecule has 2 aromatic heterocycles. The Kier molecular flexibility index (Phi) is 6.52. The maximum Gasteiger partial charge on any atom is 0.190 e. The monoisotopic (exact) mass is 366 g/mol. The molecule has 0 saturated carbocycles. The molecule has 6 heteroatoms. The van der Waals surface area contributed by atoms with Crippen LogP contribution < -0.4 is 10.6 Å². The fourth-order valence-corrected chi connectivity index (χ4v) is 3.38. The maximum atomic E-state index is 4.49. The van der Waals surface area contributed by atoms with Gasteiger partial charge in [-0.1, -0.05) is 18.2 Å². The van der Waals surface area contributed by atoms with Crippen LogP contribution in [0.3, 0.4) is 0 Å². The quantitative estimate of drug-likeness (QED) is 0.326. The predicted octanol–water partition coefficient (Wildman–Crippen LogP) is 3.17. The van der Waals surface area contributed by atoms with Crippen LogP contribution in [0.25, 0.3) is 10.9 Å². The molecular weight excluding hydrogens is 336 g/mol. The highest BCUT2D eigenvalue weighted by Gasteiger charge is 2.04. The van der Waals surface area contributed by atoms with Crippen LogP contribution in [0.5, 0.6) is 0 Å². The third-order valence-electron chi connectivity index (χ3n) is 4.76. The Morgan fingerprint density at radius 1 is 1.15 bits per heavy atom. The number of nitrogens with one attached hydrogen (secondary N) is 3. The van der Waals surface area contributed by atoms with Crippen LogP contribution in [0.15, 0.2) is 41.5 Å². The number of aliphatic imine (C=N–C) groups is 1. The van der Waals surface area contributed by atoms with Gasteiger partial charge >= 0.3 is 0 Å². The van der Waals surface area contributed by atoms with Crippen molar-refractivity contribution in [2.75, 3.05) is 20.1 Å². The normalized spacial score (nSPS) is 11.9. The number of hydrogen-bond acceptors (Lipinski definition) is 2. The summed E-state index contributed by atoms with van der Waals surface area (Å²) in [7, 11) is 1.82. The lowest BCUT2D eigenvalue weighted by Crippen LogP contribution is -2.38. The Morgan fingerprint density at radius 2 is 1.93 bits per heavy atom. The zero-order chi connectivity index (χ0) is 19.1. The lowest BCUT2D eigenvalue weighted by molar-refractivity contribution is 0.555. The van der Waals surface area contributed by atoms with Gasteiger partial charge in [0.25, 0.3) is 0 Å². The standard InChI is InChI=1S/C21H30N6/c1-16-14-17(2)27(26-16)13-7-12-24-21(22-3)23-11-6-8-18-15-25-20-10-5-4-9-19(18)20/h4-5,9-10,14-15,25H,6-8,11-13H2,1-3H3,(H2,22,23,24). The summed E-state index contributed by atoms with van der Waals surface area (Å²) in [4.78, 5) is 7.64. The maximum absolute atomic E-state index is 4.49. The van der Waals surface area contributed by atoms with Crippen molar-refractivity contribution in [2.45, 2.75) is 39.7 Å². The molecule has 3 aromatic rings. The van der Waals surface area contributed by atoms with Crippen LogP contribution >= 0.6 is 0 Å². The SMILES string of the molecule is CN=C(NCCCc1c[nH]c2ccccc12)NCCCn1nc(C)cc1C. The van der Waals surface area contributed by atoms with Gasteiger partial charge in [0.15, 0.2) is 5.96 Å². The fraction of sp³-hybridized carbons (Fsp3) is 0.429. The first kappa shape index (κ1) is 19.0. The number of para-hydroxylation sites is 1. The summed E-state index contributed by atoms with van der Waals surface area (Å²) in [6, 6.07) is 10.6. The number of rotatable bonds is 8. The molecule has 0 aliphatic heterocycles. The van der Waals surface area contributed by atoms with E-state index in [2.05, 4.69) is 73.8 Å². The number of guanidine groups is 1. The molecule has 2 heterocycles. The first-order valence-corrected chi connectivity index (χ1v) is 9.68.